The van der Waals surface area contributed by atoms with Crippen LogP contribution in [0.25, 0.3) is 182 Å². The van der Waals surface area contributed by atoms with Gasteiger partial charge in [-0.3, -0.25) is 59.8 Å². The monoisotopic (exact) mass is 1950 g/mol. The van der Waals surface area contributed by atoms with Gasteiger partial charge in [-0.25, -0.2) is 59.8 Å². The van der Waals surface area contributed by atoms with Crippen LogP contribution in [-0.4, -0.2) is 120 Å². The van der Waals surface area contributed by atoms with E-state index in [9.17, 15) is 0 Å². The minimum absolute atomic E-state index is 0.00753. The van der Waals surface area contributed by atoms with Crippen molar-refractivity contribution in [1.29, 1.82) is 0 Å². The van der Waals surface area contributed by atoms with Gasteiger partial charge in [0.1, 0.15) is 17.1 Å². The maximum Gasteiger partial charge on any atom is 0.182 e. The van der Waals surface area contributed by atoms with E-state index >= 15 is 0 Å². The quantitative estimate of drug-likeness (QED) is 0.0354. The van der Waals surface area contributed by atoms with Crippen molar-refractivity contribution in [3.63, 3.8) is 0 Å². The summed E-state index contributed by atoms with van der Waals surface area (Å²) in [5.41, 5.74) is 24.3. The summed E-state index contributed by atoms with van der Waals surface area (Å²) in [6.45, 7) is 21.8. The highest BCUT2D eigenvalue weighted by Crippen LogP contribution is 2.35. The number of benzene rings is 4. The van der Waals surface area contributed by atoms with Crippen molar-refractivity contribution in [3.05, 3.63) is 387 Å². The van der Waals surface area contributed by atoms with E-state index < -0.39 is 0 Å². The van der Waals surface area contributed by atoms with Crippen molar-refractivity contribution in [1.82, 2.24) is 120 Å². The standard InChI is InChI=1S/C36H40N6.2C32H32N6.C24H16N6/c1-3-5-7-10-14-27-18-21-32(37-24-27)35-40-34(30-20-23-31(39-26-30)29-16-12-9-13-17-29)41-36(42-35)33-22-19-28(25-38-33)15-11-8-6-4-2;1-31(2,3)24-14-16-26(34-20-24)30-37-28(22-12-15-25(33-18-22)21-10-8-7-9-11-21)36-29(38-30)23-13-17-27(35-19-23)32(4,5)6;1-3-5-12-27-17-14-24(20-33-27)30-36-31(25-15-18-28(34-21-25)13-6-4-2)38-32(37-30)26-16-19-29(35-22-26)23-10-8-7-9-11-23;1-2-4-17(5-3-1)21-7-6-20(16-27-21)24-29-22(18-8-12-25-13-9-18)28-23(30-24)19-10-14-26-15-11-19/h9,12-13,16-26H,3-8,10-11,14-15H2,1-2H3;7-20H,1-6H3;7-11,14-22H,3-6,12-13H2,1-2H3;1-16H. The predicted molar refractivity (Wildman–Crippen MR) is 590 cm³/mol. The molecule has 736 valence electrons. The highest BCUT2D eigenvalue weighted by atomic mass is 15.1. The largest absolute Gasteiger partial charge is 0.265 e. The molecule has 0 radical (unpaired) electrons. The van der Waals surface area contributed by atoms with Crippen LogP contribution in [0.2, 0.25) is 0 Å². The Morgan fingerprint density at radius 1 is 0.176 bits per heavy atom. The van der Waals surface area contributed by atoms with Gasteiger partial charge in [-0.1, -0.05) is 260 Å². The molecule has 24 heteroatoms. The zero-order valence-corrected chi connectivity index (χ0v) is 85.5. The number of rotatable bonds is 32. The first kappa shape index (κ1) is 102. The highest BCUT2D eigenvalue weighted by Gasteiger charge is 2.24. The van der Waals surface area contributed by atoms with E-state index in [1.165, 1.54) is 62.5 Å². The molecule has 148 heavy (non-hydrogen) atoms. The first-order chi connectivity index (χ1) is 72.4. The minimum atomic E-state index is -0.0428. The maximum atomic E-state index is 4.84. The van der Waals surface area contributed by atoms with Crippen molar-refractivity contribution < 1.29 is 0 Å². The van der Waals surface area contributed by atoms with E-state index in [1.54, 1.807) is 31.0 Å². The third kappa shape index (κ3) is 27.8. The van der Waals surface area contributed by atoms with Gasteiger partial charge in [0.05, 0.1) is 22.8 Å². The molecule has 0 aliphatic carbocycles. The van der Waals surface area contributed by atoms with Crippen LogP contribution in [0.3, 0.4) is 0 Å². The second-order valence-electron chi connectivity index (χ2n) is 38.3. The number of aromatic nitrogens is 24. The Morgan fingerprint density at radius 2 is 0.439 bits per heavy atom. The summed E-state index contributed by atoms with van der Waals surface area (Å²) in [5, 5.41) is 0. The maximum absolute atomic E-state index is 4.84. The Bertz CT molecular complexity index is 7300. The van der Waals surface area contributed by atoms with Crippen LogP contribution >= 0.6 is 0 Å². The van der Waals surface area contributed by atoms with E-state index in [1.807, 2.05) is 268 Å². The van der Waals surface area contributed by atoms with Gasteiger partial charge in [0, 0.05) is 182 Å². The lowest BCUT2D eigenvalue weighted by Gasteiger charge is -2.18. The first-order valence-corrected chi connectivity index (χ1v) is 51.1. The zero-order chi connectivity index (χ0) is 102. The van der Waals surface area contributed by atoms with Crippen molar-refractivity contribution in [2.75, 3.05) is 0 Å². The molecule has 0 aliphatic heterocycles. The summed E-state index contributed by atoms with van der Waals surface area (Å²) in [6, 6.07) is 88.6. The summed E-state index contributed by atoms with van der Waals surface area (Å²) >= 11 is 0. The molecule has 0 amide bonds. The molecule has 16 heterocycles. The average Bonchev–Trinajstić information content (AvgIpc) is 0.807. The number of hydrogen-bond acceptors (Lipinski definition) is 24. The summed E-state index contributed by atoms with van der Waals surface area (Å²) in [5.74, 6) is 6.69. The molecule has 0 saturated heterocycles. The molecule has 24 nitrogen and oxygen atoms in total. The van der Waals surface area contributed by atoms with Gasteiger partial charge >= 0.3 is 0 Å². The van der Waals surface area contributed by atoms with Crippen molar-refractivity contribution in [3.8, 4) is 182 Å². The average molecular weight is 1950 g/mol. The van der Waals surface area contributed by atoms with Crippen molar-refractivity contribution >= 4 is 0 Å². The predicted octanol–water partition coefficient (Wildman–Crippen LogP) is 28.4. The van der Waals surface area contributed by atoms with Crippen molar-refractivity contribution in [2.45, 2.75) is 183 Å². The zero-order valence-electron chi connectivity index (χ0n) is 85.5. The first-order valence-electron chi connectivity index (χ1n) is 51.1. The van der Waals surface area contributed by atoms with Crippen LogP contribution in [0.1, 0.15) is 180 Å². The van der Waals surface area contributed by atoms with Crippen LogP contribution in [0.4, 0.5) is 0 Å². The van der Waals surface area contributed by atoms with Crippen LogP contribution in [0, 0.1) is 0 Å². The van der Waals surface area contributed by atoms with Crippen LogP contribution in [0.5, 0.6) is 0 Å². The van der Waals surface area contributed by atoms with Gasteiger partial charge in [-0.05, 0) is 201 Å². The molecule has 20 aromatic rings. The molecule has 0 spiro atoms. The molecular formula is C124H120N24. The van der Waals surface area contributed by atoms with Gasteiger partial charge in [0.15, 0.2) is 69.9 Å². The smallest absolute Gasteiger partial charge is 0.182 e. The fourth-order valence-electron chi connectivity index (χ4n) is 16.2. The van der Waals surface area contributed by atoms with E-state index in [0.29, 0.717) is 75.6 Å². The Morgan fingerprint density at radius 3 is 0.689 bits per heavy atom. The van der Waals surface area contributed by atoms with Crippen LogP contribution in [-0.2, 0) is 36.5 Å². The summed E-state index contributed by atoms with van der Waals surface area (Å²) in [7, 11) is 0. The fraction of sp³-hybridized carbons (Fsp3) is 0.226. The molecular weight excluding hydrogens is 1830 g/mol. The van der Waals surface area contributed by atoms with Crippen molar-refractivity contribution in [2.24, 2.45) is 0 Å². The molecule has 0 N–H and O–H groups in total. The molecule has 16 aromatic heterocycles. The topological polar surface area (TPSA) is 309 Å². The second-order valence-corrected chi connectivity index (χ2v) is 38.3. The Labute approximate surface area is 866 Å². The van der Waals surface area contributed by atoms with Gasteiger partial charge in [-0.2, -0.15) is 0 Å². The van der Waals surface area contributed by atoms with Crippen LogP contribution in [0.15, 0.2) is 354 Å². The number of nitrogens with zero attached hydrogens (tertiary/aromatic N) is 24. The lowest BCUT2D eigenvalue weighted by Crippen LogP contribution is -2.13. The number of pyridine rings is 12. The molecule has 0 bridgehead atoms. The SMILES string of the molecule is CC(C)(C)c1ccc(-c2nc(-c3ccc(-c4ccccc4)nc3)nc(-c3ccc(C(C)(C)C)nc3)n2)nc1.CCCCCCc1ccc(-c2nc(-c3ccc(-c4ccccc4)nc3)nc(-c3ccc(CCCCCC)cn3)n2)nc1.CCCCc1ccc(-c2nc(-c3ccc(CCCC)nc3)nc(-c3ccc(-c4ccccc4)nc3)n2)cn1.c1ccc(-c2ccc(-c3nc(-c4ccncc4)nc(-c4ccncc4)n3)cn2)cc1. The molecule has 20 rings (SSSR count). The van der Waals surface area contributed by atoms with Crippen LogP contribution < -0.4 is 0 Å². The second kappa shape index (κ2) is 50.3. The minimum Gasteiger partial charge on any atom is -0.265 e. The van der Waals surface area contributed by atoms with E-state index in [-0.39, 0.29) is 10.8 Å². The number of unbranched alkanes of at least 4 members (excludes halogenated alkanes) is 8. The number of aryl methyl sites for hydroxylation is 4. The molecule has 0 saturated carbocycles. The molecule has 0 aliphatic rings. The van der Waals surface area contributed by atoms with Gasteiger partial charge in [0.25, 0.3) is 0 Å². The Kier molecular flexibility index (Phi) is 34.7. The Balaban J connectivity index is 0.000000135. The fourth-order valence-corrected chi connectivity index (χ4v) is 16.2. The van der Waals surface area contributed by atoms with E-state index in [0.717, 1.165) is 181 Å². The molecule has 0 fully saturated rings. The number of hydrogen-bond donors (Lipinski definition) is 0. The Hall–Kier alpha value is -17.3. The van der Waals surface area contributed by atoms with E-state index in [2.05, 4.69) is 169 Å². The molecule has 4 aromatic carbocycles. The molecule has 0 atom stereocenters. The van der Waals surface area contributed by atoms with Gasteiger partial charge in [-0.15, -0.1) is 0 Å². The molecule has 0 unspecified atom stereocenters. The lowest BCUT2D eigenvalue weighted by molar-refractivity contribution is 0.569. The van der Waals surface area contributed by atoms with Gasteiger partial charge in [0.2, 0.25) is 0 Å². The lowest BCUT2D eigenvalue weighted by atomic mass is 9.88. The van der Waals surface area contributed by atoms with E-state index in [4.69, 9.17) is 74.8 Å². The van der Waals surface area contributed by atoms with Gasteiger partial charge < -0.3 is 0 Å². The summed E-state index contributed by atoms with van der Waals surface area (Å²) < 4.78 is 0. The third-order valence-corrected chi connectivity index (χ3v) is 24.9. The third-order valence-electron chi connectivity index (χ3n) is 24.9. The summed E-state index contributed by atoms with van der Waals surface area (Å²) in [6.07, 6.45) is 43.9. The summed E-state index contributed by atoms with van der Waals surface area (Å²) in [4.78, 5) is 113. The normalized spacial score (nSPS) is 11.2. The highest BCUT2D eigenvalue weighted by molar-refractivity contribution is 5.74.